The minimum atomic E-state index is -0.184. The molecule has 0 bridgehead atoms. The minimum Gasteiger partial charge on any atom is -0.497 e. The first kappa shape index (κ1) is 15.6. The van der Waals surface area contributed by atoms with Gasteiger partial charge in [0.2, 0.25) is 5.91 Å². The largest absolute Gasteiger partial charge is 0.497 e. The number of rotatable bonds is 7. The van der Waals surface area contributed by atoms with Crippen LogP contribution in [0.1, 0.15) is 19.3 Å². The maximum atomic E-state index is 10.9. The molecule has 2 N–H and O–H groups in total. The number of hydrogen-bond donors (Lipinski definition) is 1. The van der Waals surface area contributed by atoms with Crippen LogP contribution in [0, 0.1) is 5.92 Å². The van der Waals surface area contributed by atoms with Crippen molar-refractivity contribution in [2.75, 3.05) is 33.4 Å². The molecule has 1 saturated heterocycles. The van der Waals surface area contributed by atoms with E-state index in [2.05, 4.69) is 4.90 Å². The molecule has 0 atom stereocenters. The number of nitrogens with two attached hydrogens (primary N) is 1. The Labute approximate surface area is 126 Å². The quantitative estimate of drug-likeness (QED) is 0.830. The molecule has 1 aromatic rings. The van der Waals surface area contributed by atoms with Crippen molar-refractivity contribution in [1.29, 1.82) is 0 Å². The molecular weight excluding hydrogens is 268 g/mol. The number of primary amides is 1. The molecule has 1 aliphatic heterocycles. The van der Waals surface area contributed by atoms with Crippen LogP contribution >= 0.6 is 0 Å². The van der Waals surface area contributed by atoms with Crippen LogP contribution in [0.5, 0.6) is 11.5 Å². The summed E-state index contributed by atoms with van der Waals surface area (Å²) in [5, 5.41) is 0. The zero-order chi connectivity index (χ0) is 15.1. The van der Waals surface area contributed by atoms with E-state index in [1.165, 1.54) is 0 Å². The van der Waals surface area contributed by atoms with Gasteiger partial charge in [0, 0.05) is 13.0 Å². The van der Waals surface area contributed by atoms with Crippen LogP contribution in [0.25, 0.3) is 0 Å². The molecule has 2 rings (SSSR count). The smallest absolute Gasteiger partial charge is 0.217 e. The predicted molar refractivity (Wildman–Crippen MR) is 81.5 cm³/mol. The van der Waals surface area contributed by atoms with Crippen molar-refractivity contribution < 1.29 is 14.3 Å². The molecular formula is C16H24N2O3. The van der Waals surface area contributed by atoms with E-state index in [4.69, 9.17) is 15.2 Å². The standard InChI is InChI=1S/C16H24N2O3/c1-20-14-2-4-15(5-3-14)21-11-10-18-8-6-13(7-9-18)12-16(17)19/h2-5,13H,6-12H2,1H3,(H2,17,19). The molecule has 1 aliphatic rings. The van der Waals surface area contributed by atoms with Gasteiger partial charge < -0.3 is 15.2 Å². The molecule has 21 heavy (non-hydrogen) atoms. The van der Waals surface area contributed by atoms with E-state index in [9.17, 15) is 4.79 Å². The molecule has 1 heterocycles. The van der Waals surface area contributed by atoms with Gasteiger partial charge in [-0.15, -0.1) is 0 Å². The number of amides is 1. The molecule has 5 heteroatoms. The topological polar surface area (TPSA) is 64.8 Å². The van der Waals surface area contributed by atoms with Gasteiger partial charge in [-0.3, -0.25) is 9.69 Å². The van der Waals surface area contributed by atoms with Crippen molar-refractivity contribution in [1.82, 2.24) is 4.90 Å². The molecule has 0 saturated carbocycles. The van der Waals surface area contributed by atoms with Gasteiger partial charge in [-0.2, -0.15) is 0 Å². The van der Waals surface area contributed by atoms with E-state index in [0.717, 1.165) is 44.0 Å². The van der Waals surface area contributed by atoms with Crippen LogP contribution in [-0.2, 0) is 4.79 Å². The molecule has 116 valence electrons. The lowest BCUT2D eigenvalue weighted by atomic mass is 9.93. The van der Waals surface area contributed by atoms with Crippen molar-refractivity contribution in [3.8, 4) is 11.5 Å². The van der Waals surface area contributed by atoms with Crippen LogP contribution in [0.4, 0.5) is 0 Å². The SMILES string of the molecule is COc1ccc(OCCN2CCC(CC(N)=O)CC2)cc1. The summed E-state index contributed by atoms with van der Waals surface area (Å²) in [5.74, 6) is 1.97. The highest BCUT2D eigenvalue weighted by molar-refractivity contribution is 5.73. The third kappa shape index (κ3) is 5.27. The van der Waals surface area contributed by atoms with Crippen LogP contribution in [-0.4, -0.2) is 44.2 Å². The fourth-order valence-corrected chi connectivity index (χ4v) is 2.66. The van der Waals surface area contributed by atoms with Crippen molar-refractivity contribution in [3.63, 3.8) is 0 Å². The molecule has 0 spiro atoms. The molecule has 0 unspecified atom stereocenters. The summed E-state index contributed by atoms with van der Waals surface area (Å²) in [6, 6.07) is 7.62. The average Bonchev–Trinajstić information content (AvgIpc) is 2.49. The summed E-state index contributed by atoms with van der Waals surface area (Å²) in [4.78, 5) is 13.3. The summed E-state index contributed by atoms with van der Waals surface area (Å²) < 4.78 is 10.8. The third-order valence-corrected chi connectivity index (χ3v) is 3.93. The molecule has 5 nitrogen and oxygen atoms in total. The lowest BCUT2D eigenvalue weighted by Crippen LogP contribution is -2.37. The van der Waals surface area contributed by atoms with Gasteiger partial charge in [-0.25, -0.2) is 0 Å². The van der Waals surface area contributed by atoms with E-state index in [0.29, 0.717) is 18.9 Å². The highest BCUT2D eigenvalue weighted by Gasteiger charge is 2.20. The van der Waals surface area contributed by atoms with Crippen LogP contribution in [0.2, 0.25) is 0 Å². The van der Waals surface area contributed by atoms with E-state index in [1.807, 2.05) is 24.3 Å². The van der Waals surface area contributed by atoms with Gasteiger partial charge in [0.1, 0.15) is 18.1 Å². The van der Waals surface area contributed by atoms with E-state index < -0.39 is 0 Å². The van der Waals surface area contributed by atoms with E-state index in [-0.39, 0.29) is 5.91 Å². The highest BCUT2D eigenvalue weighted by atomic mass is 16.5. The lowest BCUT2D eigenvalue weighted by Gasteiger charge is -2.31. The van der Waals surface area contributed by atoms with Crippen molar-refractivity contribution in [2.45, 2.75) is 19.3 Å². The zero-order valence-electron chi connectivity index (χ0n) is 12.6. The molecule has 0 aliphatic carbocycles. The van der Waals surface area contributed by atoms with Crippen LogP contribution in [0.15, 0.2) is 24.3 Å². The summed E-state index contributed by atoms with van der Waals surface area (Å²) in [6.07, 6.45) is 2.62. The number of carbonyl (C=O) groups is 1. The molecule has 1 aromatic carbocycles. The summed E-state index contributed by atoms with van der Waals surface area (Å²) >= 11 is 0. The third-order valence-electron chi connectivity index (χ3n) is 3.93. The van der Waals surface area contributed by atoms with Gasteiger partial charge >= 0.3 is 0 Å². The van der Waals surface area contributed by atoms with Crippen LogP contribution in [0.3, 0.4) is 0 Å². The Morgan fingerprint density at radius 1 is 1.24 bits per heavy atom. The summed E-state index contributed by atoms with van der Waals surface area (Å²) in [6.45, 7) is 3.62. The Balaban J connectivity index is 1.64. The number of nitrogens with zero attached hydrogens (tertiary/aromatic N) is 1. The maximum Gasteiger partial charge on any atom is 0.217 e. The fourth-order valence-electron chi connectivity index (χ4n) is 2.66. The Morgan fingerprint density at radius 3 is 2.43 bits per heavy atom. The molecule has 0 radical (unpaired) electrons. The summed E-state index contributed by atoms with van der Waals surface area (Å²) in [7, 11) is 1.65. The van der Waals surface area contributed by atoms with Gasteiger partial charge in [0.15, 0.2) is 0 Å². The summed E-state index contributed by atoms with van der Waals surface area (Å²) in [5.41, 5.74) is 5.24. The van der Waals surface area contributed by atoms with Crippen molar-refractivity contribution >= 4 is 5.91 Å². The number of carbonyl (C=O) groups excluding carboxylic acids is 1. The monoisotopic (exact) mass is 292 g/mol. The minimum absolute atomic E-state index is 0.184. The van der Waals surface area contributed by atoms with Gasteiger partial charge in [0.05, 0.1) is 7.11 Å². The number of likely N-dealkylation sites (tertiary alicyclic amines) is 1. The Morgan fingerprint density at radius 2 is 1.86 bits per heavy atom. The Kier molecular flexibility index (Phi) is 5.87. The van der Waals surface area contributed by atoms with Gasteiger partial charge in [-0.1, -0.05) is 0 Å². The normalized spacial score (nSPS) is 16.6. The highest BCUT2D eigenvalue weighted by Crippen LogP contribution is 2.20. The van der Waals surface area contributed by atoms with Crippen molar-refractivity contribution in [3.05, 3.63) is 24.3 Å². The average molecular weight is 292 g/mol. The second-order valence-corrected chi connectivity index (χ2v) is 5.48. The first-order chi connectivity index (χ1) is 10.2. The molecule has 1 amide bonds. The number of methoxy groups -OCH3 is 1. The Bertz CT molecular complexity index is 439. The number of hydrogen-bond acceptors (Lipinski definition) is 4. The van der Waals surface area contributed by atoms with Gasteiger partial charge in [-0.05, 0) is 56.1 Å². The zero-order valence-corrected chi connectivity index (χ0v) is 12.6. The first-order valence-corrected chi connectivity index (χ1v) is 7.45. The van der Waals surface area contributed by atoms with Crippen LogP contribution < -0.4 is 15.2 Å². The van der Waals surface area contributed by atoms with E-state index >= 15 is 0 Å². The molecule has 1 fully saturated rings. The van der Waals surface area contributed by atoms with E-state index in [1.54, 1.807) is 7.11 Å². The first-order valence-electron chi connectivity index (χ1n) is 7.45. The second kappa shape index (κ2) is 7.88. The number of benzene rings is 1. The fraction of sp³-hybridized carbons (Fsp3) is 0.562. The van der Waals surface area contributed by atoms with Crippen molar-refractivity contribution in [2.24, 2.45) is 11.7 Å². The lowest BCUT2D eigenvalue weighted by molar-refractivity contribution is -0.119. The maximum absolute atomic E-state index is 10.9. The van der Waals surface area contributed by atoms with Gasteiger partial charge in [0.25, 0.3) is 0 Å². The second-order valence-electron chi connectivity index (χ2n) is 5.48. The molecule has 0 aromatic heterocycles. The number of ether oxygens (including phenoxy) is 2. The number of piperidine rings is 1. The Hall–Kier alpha value is -1.75. The predicted octanol–water partition coefficient (Wildman–Crippen LogP) is 1.66.